The molecule has 0 nitrogen and oxygen atoms in total. The molecule has 0 heterocycles. The lowest BCUT2D eigenvalue weighted by Crippen LogP contribution is -1.69. The van der Waals surface area contributed by atoms with Gasteiger partial charge in [-0.25, -0.2) is 0 Å². The van der Waals surface area contributed by atoms with Crippen LogP contribution in [-0.2, 0) is 0 Å². The van der Waals surface area contributed by atoms with Crippen molar-refractivity contribution in [2.75, 3.05) is 0 Å². The van der Waals surface area contributed by atoms with E-state index in [1.54, 1.807) is 0 Å². The fourth-order valence-electron chi connectivity index (χ4n) is 1.03. The van der Waals surface area contributed by atoms with Crippen molar-refractivity contribution < 1.29 is 0 Å². The predicted octanol–water partition coefficient (Wildman–Crippen LogP) is 3.43. The molecule has 1 aliphatic carbocycles. The van der Waals surface area contributed by atoms with Gasteiger partial charge in [0.1, 0.15) is 0 Å². The van der Waals surface area contributed by atoms with Crippen molar-refractivity contribution in [3.8, 4) is 0 Å². The van der Waals surface area contributed by atoms with Gasteiger partial charge in [-0.3, -0.25) is 0 Å². The van der Waals surface area contributed by atoms with E-state index in [1.807, 2.05) is 0 Å². The van der Waals surface area contributed by atoms with Gasteiger partial charge in [0.15, 0.2) is 0 Å². The zero-order chi connectivity index (χ0) is 7.78. The highest BCUT2D eigenvalue weighted by molar-refractivity contribution is 5.05. The third kappa shape index (κ3) is 4.60. The smallest absolute Gasteiger partial charge is 0.0311 e. The Morgan fingerprint density at radius 1 is 0.636 bits per heavy atom. The minimum atomic E-state index is 1.09. The molecule has 0 aromatic rings. The first-order valence-corrected chi connectivity index (χ1v) is 4.28. The average Bonchev–Trinajstić information content (AvgIpc) is 2.08. The molecule has 0 spiro atoms. The molecule has 0 unspecified atom stereocenters. The maximum absolute atomic E-state index is 2.28. The van der Waals surface area contributed by atoms with E-state index in [0.717, 1.165) is 12.8 Å². The molecular formula is C11H15. The molecule has 59 valence electrons. The van der Waals surface area contributed by atoms with Gasteiger partial charge in [0.25, 0.3) is 0 Å². The van der Waals surface area contributed by atoms with E-state index in [4.69, 9.17) is 0 Å². The SMILES string of the molecule is [CH]1C/C=C\C=C/CC/C=C\C1. The summed E-state index contributed by atoms with van der Waals surface area (Å²) in [6, 6.07) is 0. The number of rotatable bonds is 0. The summed E-state index contributed by atoms with van der Waals surface area (Å²) < 4.78 is 0. The fourth-order valence-corrected chi connectivity index (χ4v) is 1.03. The Balaban J connectivity index is 2.34. The lowest BCUT2D eigenvalue weighted by atomic mass is 10.2. The Hall–Kier alpha value is -0.780. The lowest BCUT2D eigenvalue weighted by molar-refractivity contribution is 1.03. The molecule has 1 aliphatic rings. The Kier molecular flexibility index (Phi) is 4.51. The molecule has 0 amide bonds. The summed E-state index contributed by atoms with van der Waals surface area (Å²) in [4.78, 5) is 0. The predicted molar refractivity (Wildman–Crippen MR) is 50.2 cm³/mol. The van der Waals surface area contributed by atoms with Crippen LogP contribution in [0.2, 0.25) is 0 Å². The molecule has 1 rings (SSSR count). The van der Waals surface area contributed by atoms with Crippen molar-refractivity contribution >= 4 is 0 Å². The molecule has 1 radical (unpaired) electrons. The number of allylic oxidation sites excluding steroid dienone is 6. The Morgan fingerprint density at radius 2 is 1.36 bits per heavy atom. The molecule has 0 saturated heterocycles. The number of hydrogen-bond acceptors (Lipinski definition) is 0. The monoisotopic (exact) mass is 147 g/mol. The fraction of sp³-hybridized carbons (Fsp3) is 0.364. The summed E-state index contributed by atoms with van der Waals surface area (Å²) in [6.07, 6.45) is 20.0. The first kappa shape index (κ1) is 8.32. The molecule has 0 aromatic heterocycles. The van der Waals surface area contributed by atoms with Gasteiger partial charge in [-0.1, -0.05) is 36.5 Å². The van der Waals surface area contributed by atoms with Gasteiger partial charge >= 0.3 is 0 Å². The maximum Gasteiger partial charge on any atom is -0.0311 e. The average molecular weight is 147 g/mol. The van der Waals surface area contributed by atoms with Crippen molar-refractivity contribution in [2.24, 2.45) is 0 Å². The Bertz CT molecular complexity index is 161. The molecule has 0 saturated carbocycles. The Labute approximate surface area is 69.3 Å². The summed E-state index contributed by atoms with van der Waals surface area (Å²) in [7, 11) is 0. The van der Waals surface area contributed by atoms with Crippen LogP contribution in [0.15, 0.2) is 36.5 Å². The van der Waals surface area contributed by atoms with E-state index in [1.165, 1.54) is 12.8 Å². The van der Waals surface area contributed by atoms with E-state index in [0.29, 0.717) is 0 Å². The standard InChI is InChI=1S/C11H15/c1-2-4-6-8-10-11-9-7-5-3-1/h1-4,7,10-11H,5-6,8-9H2/b3-1-,4-2-,11-10-. The van der Waals surface area contributed by atoms with E-state index < -0.39 is 0 Å². The maximum atomic E-state index is 2.28. The van der Waals surface area contributed by atoms with Gasteiger partial charge in [0, 0.05) is 0 Å². The molecule has 0 aromatic carbocycles. The van der Waals surface area contributed by atoms with E-state index in [-0.39, 0.29) is 0 Å². The van der Waals surface area contributed by atoms with Crippen LogP contribution in [0.3, 0.4) is 0 Å². The van der Waals surface area contributed by atoms with Crippen molar-refractivity contribution in [1.82, 2.24) is 0 Å². The molecule has 0 heteroatoms. The van der Waals surface area contributed by atoms with Gasteiger partial charge in [0.2, 0.25) is 0 Å². The minimum absolute atomic E-state index is 1.09. The van der Waals surface area contributed by atoms with Crippen molar-refractivity contribution in [3.63, 3.8) is 0 Å². The third-order valence-corrected chi connectivity index (χ3v) is 1.66. The van der Waals surface area contributed by atoms with Gasteiger partial charge in [-0.15, -0.1) is 0 Å². The van der Waals surface area contributed by atoms with Crippen LogP contribution < -0.4 is 0 Å². The van der Waals surface area contributed by atoms with Crippen LogP contribution in [0, 0.1) is 6.42 Å². The second-order valence-corrected chi connectivity index (χ2v) is 2.67. The lowest BCUT2D eigenvalue weighted by Gasteiger charge is -1.87. The van der Waals surface area contributed by atoms with Crippen LogP contribution in [0.25, 0.3) is 0 Å². The van der Waals surface area contributed by atoms with Crippen LogP contribution >= 0.6 is 0 Å². The summed E-state index contributed by atoms with van der Waals surface area (Å²) >= 11 is 0. The van der Waals surface area contributed by atoms with E-state index >= 15 is 0 Å². The quantitative estimate of drug-likeness (QED) is 0.460. The van der Waals surface area contributed by atoms with Gasteiger partial charge in [-0.2, -0.15) is 0 Å². The zero-order valence-corrected chi connectivity index (χ0v) is 6.87. The summed E-state index contributed by atoms with van der Waals surface area (Å²) in [5, 5.41) is 0. The zero-order valence-electron chi connectivity index (χ0n) is 6.87. The van der Waals surface area contributed by atoms with E-state index in [9.17, 15) is 0 Å². The summed E-state index contributed by atoms with van der Waals surface area (Å²) in [5.41, 5.74) is 0. The largest absolute Gasteiger partial charge is 0.0882 e. The van der Waals surface area contributed by atoms with Crippen LogP contribution in [-0.4, -0.2) is 0 Å². The summed E-state index contributed by atoms with van der Waals surface area (Å²) in [5.74, 6) is 0. The van der Waals surface area contributed by atoms with E-state index in [2.05, 4.69) is 42.9 Å². The van der Waals surface area contributed by atoms with Crippen molar-refractivity contribution in [1.29, 1.82) is 0 Å². The van der Waals surface area contributed by atoms with Crippen LogP contribution in [0.1, 0.15) is 25.7 Å². The van der Waals surface area contributed by atoms with Crippen LogP contribution in [0.4, 0.5) is 0 Å². The molecule has 0 atom stereocenters. The second-order valence-electron chi connectivity index (χ2n) is 2.67. The van der Waals surface area contributed by atoms with Crippen molar-refractivity contribution in [3.05, 3.63) is 42.9 Å². The highest BCUT2D eigenvalue weighted by Crippen LogP contribution is 2.01. The molecule has 0 bridgehead atoms. The highest BCUT2D eigenvalue weighted by Gasteiger charge is 1.82. The first-order chi connectivity index (χ1) is 5.50. The molecule has 0 aliphatic heterocycles. The molecule has 11 heavy (non-hydrogen) atoms. The second kappa shape index (κ2) is 5.96. The molecule has 0 fully saturated rings. The highest BCUT2D eigenvalue weighted by atomic mass is 13.9. The normalized spacial score (nSPS) is 28.4. The first-order valence-electron chi connectivity index (χ1n) is 4.28. The number of hydrogen-bond donors (Lipinski definition) is 0. The van der Waals surface area contributed by atoms with Gasteiger partial charge in [-0.05, 0) is 32.1 Å². The molecular weight excluding hydrogens is 132 g/mol. The van der Waals surface area contributed by atoms with Crippen molar-refractivity contribution in [2.45, 2.75) is 25.7 Å². The molecule has 0 N–H and O–H groups in total. The third-order valence-electron chi connectivity index (χ3n) is 1.66. The Morgan fingerprint density at radius 3 is 2.36 bits per heavy atom. The van der Waals surface area contributed by atoms with Gasteiger partial charge < -0.3 is 0 Å². The summed E-state index contributed by atoms with van der Waals surface area (Å²) in [6.45, 7) is 0. The topological polar surface area (TPSA) is 0 Å². The van der Waals surface area contributed by atoms with Crippen LogP contribution in [0.5, 0.6) is 0 Å². The van der Waals surface area contributed by atoms with Gasteiger partial charge in [0.05, 0.1) is 0 Å². The minimum Gasteiger partial charge on any atom is -0.0882 e.